The summed E-state index contributed by atoms with van der Waals surface area (Å²) < 4.78 is 2.43. The minimum Gasteiger partial charge on any atom is -0.314 e. The van der Waals surface area contributed by atoms with Crippen LogP contribution in [0.15, 0.2) is 224 Å². The number of benzene rings is 8. The van der Waals surface area contributed by atoms with E-state index in [0.29, 0.717) is 5.92 Å². The quantitative estimate of drug-likeness (QED) is 0.137. The van der Waals surface area contributed by atoms with Crippen LogP contribution in [0.5, 0.6) is 0 Å². The van der Waals surface area contributed by atoms with E-state index in [1.807, 2.05) is 0 Å². The lowest BCUT2D eigenvalue weighted by Gasteiger charge is -2.30. The standard InChI is InChI=1S/C57H48N4/c1-41-16-13-25-49(36-41)59(46-23-11-6-12-24-46)52-32-34-56-54(39-52)55-40-53(60(50-26-14-17-42(2)37-50)51-27-15-18-43(3)38-51)33-35-57(55)61(56)48-30-28-47(29-31-48)58(44-19-7-4-8-20-44)45-21-9-5-10-22-45/h4-37,39-40,43H,38H2,1-3H3. The van der Waals surface area contributed by atoms with E-state index in [1.54, 1.807) is 0 Å². The highest BCUT2D eigenvalue weighted by Gasteiger charge is 2.22. The van der Waals surface area contributed by atoms with E-state index in [-0.39, 0.29) is 0 Å². The van der Waals surface area contributed by atoms with Gasteiger partial charge in [0.05, 0.1) is 11.0 Å². The fourth-order valence-corrected chi connectivity index (χ4v) is 8.93. The van der Waals surface area contributed by atoms with Gasteiger partial charge in [0, 0.05) is 67.7 Å². The molecule has 296 valence electrons. The molecule has 1 aliphatic carbocycles. The Bertz CT molecular complexity index is 3000. The summed E-state index contributed by atoms with van der Waals surface area (Å²) in [5.74, 6) is 0.453. The third-order valence-corrected chi connectivity index (χ3v) is 11.7. The molecule has 9 aromatic rings. The van der Waals surface area contributed by atoms with Crippen molar-refractivity contribution in [2.75, 3.05) is 14.7 Å². The van der Waals surface area contributed by atoms with Crippen LogP contribution in [-0.4, -0.2) is 4.57 Å². The number of aryl methyl sites for hydroxylation is 2. The van der Waals surface area contributed by atoms with Gasteiger partial charge in [0.15, 0.2) is 0 Å². The van der Waals surface area contributed by atoms with Gasteiger partial charge in [-0.3, -0.25) is 0 Å². The zero-order valence-electron chi connectivity index (χ0n) is 34.9. The van der Waals surface area contributed by atoms with Gasteiger partial charge < -0.3 is 19.3 Å². The predicted molar refractivity (Wildman–Crippen MR) is 259 cm³/mol. The molecule has 1 atom stereocenters. The third-order valence-electron chi connectivity index (χ3n) is 11.7. The first kappa shape index (κ1) is 37.7. The van der Waals surface area contributed by atoms with E-state index in [9.17, 15) is 0 Å². The Kier molecular flexibility index (Phi) is 10.0. The SMILES string of the molecule is Cc1cccc(N(C2=CC=CC(C)C2)c2ccc3c(c2)c2cc(N(c4ccccc4)c4cccc(C)c4)ccc2n3-c2ccc(N(c3ccccc3)c3ccccc3)cc2)c1. The molecule has 0 amide bonds. The van der Waals surface area contributed by atoms with Crippen LogP contribution in [0.25, 0.3) is 27.5 Å². The molecule has 0 spiro atoms. The lowest BCUT2D eigenvalue weighted by molar-refractivity contribution is 0.696. The molecule has 1 unspecified atom stereocenters. The molecule has 0 bridgehead atoms. The maximum Gasteiger partial charge on any atom is 0.0542 e. The number of anilines is 8. The van der Waals surface area contributed by atoms with Crippen molar-refractivity contribution in [1.82, 2.24) is 4.57 Å². The fraction of sp³-hybridized carbons (Fsp3) is 0.0877. The smallest absolute Gasteiger partial charge is 0.0542 e. The fourth-order valence-electron chi connectivity index (χ4n) is 8.93. The summed E-state index contributed by atoms with van der Waals surface area (Å²) in [6.07, 6.45) is 7.76. The normalized spacial score (nSPS) is 13.6. The molecule has 4 nitrogen and oxygen atoms in total. The molecule has 0 fully saturated rings. The molecule has 0 aliphatic heterocycles. The number of fused-ring (bicyclic) bond motifs is 3. The summed E-state index contributed by atoms with van der Waals surface area (Å²) in [6, 6.07) is 72.5. The van der Waals surface area contributed by atoms with Crippen LogP contribution in [0.1, 0.15) is 24.5 Å². The van der Waals surface area contributed by atoms with Crippen LogP contribution in [-0.2, 0) is 0 Å². The van der Waals surface area contributed by atoms with Gasteiger partial charge in [-0.05, 0) is 165 Å². The third kappa shape index (κ3) is 7.38. The average Bonchev–Trinajstić information content (AvgIpc) is 3.61. The Hall–Kier alpha value is -7.56. The van der Waals surface area contributed by atoms with Crippen LogP contribution >= 0.6 is 0 Å². The van der Waals surface area contributed by atoms with Crippen LogP contribution in [0.3, 0.4) is 0 Å². The first-order valence-corrected chi connectivity index (χ1v) is 21.2. The second kappa shape index (κ2) is 16.2. The summed E-state index contributed by atoms with van der Waals surface area (Å²) in [4.78, 5) is 7.14. The topological polar surface area (TPSA) is 14.7 Å². The Morgan fingerprint density at radius 1 is 0.410 bits per heavy atom. The molecule has 0 N–H and O–H groups in total. The maximum absolute atomic E-state index is 2.46. The summed E-state index contributed by atoms with van der Waals surface area (Å²) in [5, 5.41) is 2.39. The van der Waals surface area contributed by atoms with E-state index in [1.165, 1.54) is 33.3 Å². The Labute approximate surface area is 359 Å². The molecule has 10 rings (SSSR count). The van der Waals surface area contributed by atoms with Crippen molar-refractivity contribution in [1.29, 1.82) is 0 Å². The van der Waals surface area contributed by atoms with Gasteiger partial charge in [0.25, 0.3) is 0 Å². The van der Waals surface area contributed by atoms with Gasteiger partial charge >= 0.3 is 0 Å². The minimum absolute atomic E-state index is 0.453. The van der Waals surface area contributed by atoms with Crippen molar-refractivity contribution in [3.8, 4) is 5.69 Å². The number of hydrogen-bond donors (Lipinski definition) is 0. The maximum atomic E-state index is 2.46. The number of para-hydroxylation sites is 3. The molecule has 0 radical (unpaired) electrons. The lowest BCUT2D eigenvalue weighted by Crippen LogP contribution is -2.19. The second-order valence-corrected chi connectivity index (χ2v) is 16.2. The summed E-state index contributed by atoms with van der Waals surface area (Å²) in [6.45, 7) is 6.63. The van der Waals surface area contributed by atoms with Gasteiger partial charge in [-0.15, -0.1) is 0 Å². The molecule has 1 aromatic heterocycles. The second-order valence-electron chi connectivity index (χ2n) is 16.2. The number of hydrogen-bond acceptors (Lipinski definition) is 3. The monoisotopic (exact) mass is 788 g/mol. The van der Waals surface area contributed by atoms with Gasteiger partial charge in [-0.25, -0.2) is 0 Å². The van der Waals surface area contributed by atoms with Gasteiger partial charge in [-0.2, -0.15) is 0 Å². The first-order valence-electron chi connectivity index (χ1n) is 21.2. The van der Waals surface area contributed by atoms with Gasteiger partial charge in [0.2, 0.25) is 0 Å². The molecule has 1 aliphatic rings. The predicted octanol–water partition coefficient (Wildman–Crippen LogP) is 16.0. The van der Waals surface area contributed by atoms with Crippen LogP contribution in [0, 0.1) is 19.8 Å². The van der Waals surface area contributed by atoms with E-state index in [2.05, 4.69) is 258 Å². The Morgan fingerprint density at radius 3 is 1.31 bits per heavy atom. The van der Waals surface area contributed by atoms with Crippen LogP contribution < -0.4 is 14.7 Å². The van der Waals surface area contributed by atoms with Crippen molar-refractivity contribution in [3.05, 3.63) is 235 Å². The van der Waals surface area contributed by atoms with Crippen molar-refractivity contribution < 1.29 is 0 Å². The first-order chi connectivity index (χ1) is 30.0. The van der Waals surface area contributed by atoms with Crippen LogP contribution in [0.4, 0.5) is 45.5 Å². The van der Waals surface area contributed by atoms with Gasteiger partial charge in [0.1, 0.15) is 0 Å². The molecule has 1 heterocycles. The molecule has 8 aromatic carbocycles. The summed E-state index contributed by atoms with van der Waals surface area (Å²) in [7, 11) is 0. The highest BCUT2D eigenvalue weighted by molar-refractivity contribution is 6.12. The van der Waals surface area contributed by atoms with Crippen molar-refractivity contribution in [3.63, 3.8) is 0 Å². The minimum atomic E-state index is 0.453. The number of allylic oxidation sites excluding steroid dienone is 4. The molecule has 0 saturated carbocycles. The lowest BCUT2D eigenvalue weighted by atomic mass is 9.98. The van der Waals surface area contributed by atoms with Crippen LogP contribution in [0.2, 0.25) is 0 Å². The van der Waals surface area contributed by atoms with Crippen molar-refractivity contribution in [2.45, 2.75) is 27.2 Å². The Balaban J connectivity index is 1.18. The van der Waals surface area contributed by atoms with E-state index in [0.717, 1.165) is 63.0 Å². The van der Waals surface area contributed by atoms with E-state index >= 15 is 0 Å². The zero-order chi connectivity index (χ0) is 41.3. The van der Waals surface area contributed by atoms with E-state index in [4.69, 9.17) is 0 Å². The summed E-state index contributed by atoms with van der Waals surface area (Å²) >= 11 is 0. The molecular weight excluding hydrogens is 741 g/mol. The van der Waals surface area contributed by atoms with Crippen molar-refractivity contribution >= 4 is 67.3 Å². The molecular formula is C57H48N4. The molecule has 61 heavy (non-hydrogen) atoms. The zero-order valence-corrected chi connectivity index (χ0v) is 34.9. The average molecular weight is 789 g/mol. The molecule has 0 saturated heterocycles. The molecule has 4 heteroatoms. The number of rotatable bonds is 10. The van der Waals surface area contributed by atoms with E-state index < -0.39 is 0 Å². The van der Waals surface area contributed by atoms with Gasteiger partial charge in [-0.1, -0.05) is 97.9 Å². The van der Waals surface area contributed by atoms with Crippen molar-refractivity contribution in [2.24, 2.45) is 5.92 Å². The highest BCUT2D eigenvalue weighted by Crippen LogP contribution is 2.43. The summed E-state index contributed by atoms with van der Waals surface area (Å²) in [5.41, 5.74) is 16.2. The number of aromatic nitrogens is 1. The number of nitrogens with zero attached hydrogens (tertiary/aromatic N) is 4. The largest absolute Gasteiger partial charge is 0.314 e. The highest BCUT2D eigenvalue weighted by atomic mass is 15.2. The Morgan fingerprint density at radius 2 is 0.820 bits per heavy atom.